The molecule has 3 nitrogen and oxygen atoms in total. The van der Waals surface area contributed by atoms with Gasteiger partial charge in [0.2, 0.25) is 5.91 Å². The molecule has 0 aliphatic carbocycles. The molecule has 2 N–H and O–H groups in total. The molecule has 0 heterocycles. The summed E-state index contributed by atoms with van der Waals surface area (Å²) < 4.78 is 37.0. The van der Waals surface area contributed by atoms with Gasteiger partial charge in [-0.25, -0.2) is 0 Å². The molecule has 7 heteroatoms. The summed E-state index contributed by atoms with van der Waals surface area (Å²) in [5.41, 5.74) is -2.74. The zero-order valence-corrected chi connectivity index (χ0v) is 10.1. The number of anilines is 1. The SMILES string of the molecule is C[C@](O)(CC(=O)Nc1ccc(Cl)cc1)C(F)(F)F. The van der Waals surface area contributed by atoms with Crippen LogP contribution in [0.2, 0.25) is 5.02 Å². The van der Waals surface area contributed by atoms with Crippen LogP contribution in [0.1, 0.15) is 13.3 Å². The highest BCUT2D eigenvalue weighted by molar-refractivity contribution is 6.30. The first-order chi connectivity index (χ1) is 8.12. The monoisotopic (exact) mass is 281 g/mol. The van der Waals surface area contributed by atoms with Gasteiger partial charge in [0, 0.05) is 10.7 Å². The summed E-state index contributed by atoms with van der Waals surface area (Å²) in [4.78, 5) is 11.4. The minimum atomic E-state index is -4.86. The van der Waals surface area contributed by atoms with Crippen molar-refractivity contribution in [3.63, 3.8) is 0 Å². The average molecular weight is 282 g/mol. The van der Waals surface area contributed by atoms with Crippen LogP contribution >= 0.6 is 11.6 Å². The zero-order chi connectivity index (χ0) is 14.0. The number of rotatable bonds is 3. The van der Waals surface area contributed by atoms with Crippen LogP contribution in [0.3, 0.4) is 0 Å². The minimum absolute atomic E-state index is 0.308. The van der Waals surface area contributed by atoms with E-state index in [0.29, 0.717) is 17.6 Å². The van der Waals surface area contributed by atoms with Gasteiger partial charge in [0.25, 0.3) is 0 Å². The molecule has 100 valence electrons. The summed E-state index contributed by atoms with van der Waals surface area (Å²) in [5.74, 6) is -0.931. The predicted molar refractivity (Wildman–Crippen MR) is 61.4 cm³/mol. The molecule has 18 heavy (non-hydrogen) atoms. The number of alkyl halides is 3. The van der Waals surface area contributed by atoms with Crippen molar-refractivity contribution in [1.82, 2.24) is 0 Å². The Morgan fingerprint density at radius 1 is 1.33 bits per heavy atom. The third kappa shape index (κ3) is 3.89. The fourth-order valence-corrected chi connectivity index (χ4v) is 1.28. The van der Waals surface area contributed by atoms with E-state index < -0.39 is 24.1 Å². The maximum atomic E-state index is 12.3. The van der Waals surface area contributed by atoms with Crippen molar-refractivity contribution in [2.75, 3.05) is 5.32 Å². The molecular weight excluding hydrogens is 271 g/mol. The number of hydrogen-bond acceptors (Lipinski definition) is 2. The average Bonchev–Trinajstić information content (AvgIpc) is 2.19. The Kier molecular flexibility index (Phi) is 4.24. The van der Waals surface area contributed by atoms with Gasteiger partial charge in [0.1, 0.15) is 0 Å². The standard InChI is InChI=1S/C11H11ClF3NO2/c1-10(18,11(13,14)15)6-9(17)16-8-4-2-7(12)3-5-8/h2-5,18H,6H2,1H3,(H,16,17)/t10-/m0/s1. The quantitative estimate of drug-likeness (QED) is 0.895. The van der Waals surface area contributed by atoms with Gasteiger partial charge in [0.05, 0.1) is 6.42 Å². The van der Waals surface area contributed by atoms with Crippen LogP contribution < -0.4 is 5.32 Å². The maximum Gasteiger partial charge on any atom is 0.417 e. The predicted octanol–water partition coefficient (Wildman–Crippen LogP) is 2.98. The van der Waals surface area contributed by atoms with Crippen molar-refractivity contribution in [2.24, 2.45) is 0 Å². The lowest BCUT2D eigenvalue weighted by atomic mass is 10.0. The van der Waals surface area contributed by atoms with E-state index >= 15 is 0 Å². The molecule has 0 spiro atoms. The maximum absolute atomic E-state index is 12.3. The molecule has 0 aliphatic rings. The molecule has 0 saturated carbocycles. The largest absolute Gasteiger partial charge is 0.417 e. The number of nitrogens with one attached hydrogen (secondary N) is 1. The molecule has 0 aromatic heterocycles. The van der Waals surface area contributed by atoms with Crippen LogP contribution in [0.25, 0.3) is 0 Å². The van der Waals surface area contributed by atoms with E-state index in [1.165, 1.54) is 24.3 Å². The molecule has 0 fully saturated rings. The Labute approximate surface area is 107 Å². The Morgan fingerprint density at radius 3 is 2.28 bits per heavy atom. The molecule has 0 aliphatic heterocycles. The molecule has 0 radical (unpaired) electrons. The first-order valence-electron chi connectivity index (χ1n) is 4.96. The van der Waals surface area contributed by atoms with Crippen LogP contribution in [0.4, 0.5) is 18.9 Å². The number of halogens is 4. The fraction of sp³-hybridized carbons (Fsp3) is 0.364. The molecule has 0 saturated heterocycles. The Morgan fingerprint density at radius 2 is 1.83 bits per heavy atom. The van der Waals surface area contributed by atoms with Crippen molar-refractivity contribution in [3.05, 3.63) is 29.3 Å². The van der Waals surface area contributed by atoms with E-state index in [2.05, 4.69) is 5.32 Å². The van der Waals surface area contributed by atoms with Crippen LogP contribution in [-0.2, 0) is 4.79 Å². The van der Waals surface area contributed by atoms with Crippen LogP contribution in [0.5, 0.6) is 0 Å². The minimum Gasteiger partial charge on any atom is -0.380 e. The summed E-state index contributed by atoms with van der Waals surface area (Å²) in [6.07, 6.45) is -5.93. The summed E-state index contributed by atoms with van der Waals surface area (Å²) in [7, 11) is 0. The van der Waals surface area contributed by atoms with Gasteiger partial charge in [-0.3, -0.25) is 4.79 Å². The van der Waals surface area contributed by atoms with Crippen molar-refractivity contribution >= 4 is 23.2 Å². The van der Waals surface area contributed by atoms with Crippen molar-refractivity contribution in [2.45, 2.75) is 25.1 Å². The van der Waals surface area contributed by atoms with Crippen LogP contribution in [-0.4, -0.2) is 22.8 Å². The number of amides is 1. The van der Waals surface area contributed by atoms with Gasteiger partial charge in [0.15, 0.2) is 5.60 Å². The van der Waals surface area contributed by atoms with Gasteiger partial charge in [-0.05, 0) is 31.2 Å². The molecule has 0 bridgehead atoms. The lowest BCUT2D eigenvalue weighted by molar-refractivity contribution is -0.252. The third-order valence-electron chi connectivity index (χ3n) is 2.24. The third-order valence-corrected chi connectivity index (χ3v) is 2.50. The van der Waals surface area contributed by atoms with Crippen molar-refractivity contribution in [3.8, 4) is 0 Å². The molecular formula is C11H11ClF3NO2. The van der Waals surface area contributed by atoms with E-state index in [1.54, 1.807) is 0 Å². The van der Waals surface area contributed by atoms with E-state index in [9.17, 15) is 18.0 Å². The van der Waals surface area contributed by atoms with Gasteiger partial charge < -0.3 is 10.4 Å². The molecule has 1 atom stereocenters. The van der Waals surface area contributed by atoms with E-state index in [-0.39, 0.29) is 0 Å². The highest BCUT2D eigenvalue weighted by Crippen LogP contribution is 2.32. The lowest BCUT2D eigenvalue weighted by Gasteiger charge is -2.25. The van der Waals surface area contributed by atoms with Crippen LogP contribution in [0, 0.1) is 0 Å². The van der Waals surface area contributed by atoms with Gasteiger partial charge in [-0.1, -0.05) is 11.6 Å². The second kappa shape index (κ2) is 5.16. The normalized spacial score (nSPS) is 15.0. The molecule has 1 aromatic rings. The van der Waals surface area contributed by atoms with Crippen molar-refractivity contribution < 1.29 is 23.1 Å². The Hall–Kier alpha value is -1.27. The zero-order valence-electron chi connectivity index (χ0n) is 9.38. The molecule has 1 rings (SSSR count). The molecule has 1 amide bonds. The topological polar surface area (TPSA) is 49.3 Å². The van der Waals surface area contributed by atoms with Crippen molar-refractivity contribution in [1.29, 1.82) is 0 Å². The van der Waals surface area contributed by atoms with E-state index in [4.69, 9.17) is 16.7 Å². The molecule has 0 unspecified atom stereocenters. The van der Waals surface area contributed by atoms with Gasteiger partial charge in [-0.2, -0.15) is 13.2 Å². The van der Waals surface area contributed by atoms with E-state index in [1.807, 2.05) is 0 Å². The first kappa shape index (κ1) is 14.8. The highest BCUT2D eigenvalue weighted by Gasteiger charge is 2.50. The number of carbonyl (C=O) groups is 1. The Balaban J connectivity index is 2.65. The highest BCUT2D eigenvalue weighted by atomic mass is 35.5. The van der Waals surface area contributed by atoms with Gasteiger partial charge >= 0.3 is 6.18 Å². The second-order valence-corrected chi connectivity index (χ2v) is 4.44. The first-order valence-corrected chi connectivity index (χ1v) is 5.34. The summed E-state index contributed by atoms with van der Waals surface area (Å²) in [6, 6.07) is 5.86. The molecule has 1 aromatic carbocycles. The number of hydrogen-bond donors (Lipinski definition) is 2. The number of aliphatic hydroxyl groups is 1. The van der Waals surface area contributed by atoms with Crippen LogP contribution in [0.15, 0.2) is 24.3 Å². The Bertz CT molecular complexity index is 429. The summed E-state index contributed by atoms with van der Waals surface area (Å²) in [5, 5.41) is 11.8. The smallest absolute Gasteiger partial charge is 0.380 e. The fourth-order valence-electron chi connectivity index (χ4n) is 1.15. The number of carbonyl (C=O) groups excluding carboxylic acids is 1. The number of benzene rings is 1. The summed E-state index contributed by atoms with van der Waals surface area (Å²) >= 11 is 5.61. The summed E-state index contributed by atoms with van der Waals surface area (Å²) in [6.45, 7) is 0.550. The van der Waals surface area contributed by atoms with Gasteiger partial charge in [-0.15, -0.1) is 0 Å². The lowest BCUT2D eigenvalue weighted by Crippen LogP contribution is -2.44. The second-order valence-electron chi connectivity index (χ2n) is 4.00. The van der Waals surface area contributed by atoms with E-state index in [0.717, 1.165) is 0 Å².